The van der Waals surface area contributed by atoms with Crippen LogP contribution >= 0.6 is 0 Å². The normalized spacial score (nSPS) is 13.7. The summed E-state index contributed by atoms with van der Waals surface area (Å²) in [5, 5.41) is 10.5. The highest BCUT2D eigenvalue weighted by atomic mass is 16.6. The van der Waals surface area contributed by atoms with Gasteiger partial charge in [0.15, 0.2) is 0 Å². The van der Waals surface area contributed by atoms with Gasteiger partial charge in [-0.25, -0.2) is 4.79 Å². The standard InChI is InChI=1S/C21H28N2O3/c1-15(16-10-12-18(22)13-11-16)26-20(25)23(21(2,3)4)14-19(24)17-8-6-5-7-9-17/h5-13,15,19,24H,14,22H2,1-4H3. The smallest absolute Gasteiger partial charge is 0.410 e. The van der Waals surface area contributed by atoms with E-state index in [-0.39, 0.29) is 6.54 Å². The molecule has 5 nitrogen and oxygen atoms in total. The van der Waals surface area contributed by atoms with Crippen LogP contribution in [-0.4, -0.2) is 28.2 Å². The van der Waals surface area contributed by atoms with Gasteiger partial charge in [-0.1, -0.05) is 42.5 Å². The molecule has 2 unspecified atom stereocenters. The number of nitrogens with two attached hydrogens (primary N) is 1. The van der Waals surface area contributed by atoms with Crippen LogP contribution in [0.15, 0.2) is 54.6 Å². The zero-order chi connectivity index (χ0) is 19.3. The van der Waals surface area contributed by atoms with Crippen LogP contribution in [0.1, 0.15) is 51.0 Å². The van der Waals surface area contributed by atoms with E-state index in [2.05, 4.69) is 0 Å². The number of aliphatic hydroxyl groups excluding tert-OH is 1. The highest BCUT2D eigenvalue weighted by Gasteiger charge is 2.31. The molecule has 140 valence electrons. The number of rotatable bonds is 5. The molecule has 5 heteroatoms. The van der Waals surface area contributed by atoms with Gasteiger partial charge in [0.2, 0.25) is 0 Å². The number of aliphatic hydroxyl groups is 1. The number of carbonyl (C=O) groups is 1. The Morgan fingerprint density at radius 3 is 2.19 bits per heavy atom. The van der Waals surface area contributed by atoms with Crippen molar-refractivity contribution in [3.63, 3.8) is 0 Å². The Morgan fingerprint density at radius 1 is 1.08 bits per heavy atom. The van der Waals surface area contributed by atoms with Crippen LogP contribution in [0.4, 0.5) is 10.5 Å². The predicted molar refractivity (Wildman–Crippen MR) is 104 cm³/mol. The molecular weight excluding hydrogens is 328 g/mol. The van der Waals surface area contributed by atoms with Crippen molar-refractivity contribution >= 4 is 11.8 Å². The van der Waals surface area contributed by atoms with E-state index >= 15 is 0 Å². The third kappa shape index (κ3) is 5.23. The van der Waals surface area contributed by atoms with Crippen LogP contribution in [0.25, 0.3) is 0 Å². The average Bonchev–Trinajstić information content (AvgIpc) is 2.59. The van der Waals surface area contributed by atoms with E-state index in [1.165, 1.54) is 0 Å². The second-order valence-electron chi connectivity index (χ2n) is 7.40. The number of β-amino-alcohol motifs (C(OH)–C–C–N with tert-alkyl or cyclic N) is 1. The predicted octanol–water partition coefficient (Wildman–Crippen LogP) is 4.30. The molecule has 2 atom stereocenters. The first-order chi connectivity index (χ1) is 12.2. The second-order valence-corrected chi connectivity index (χ2v) is 7.40. The van der Waals surface area contributed by atoms with Gasteiger partial charge in [0.25, 0.3) is 0 Å². The van der Waals surface area contributed by atoms with E-state index < -0.39 is 23.8 Å². The maximum Gasteiger partial charge on any atom is 0.410 e. The topological polar surface area (TPSA) is 75.8 Å². The molecule has 0 bridgehead atoms. The molecular formula is C21H28N2O3. The Bertz CT molecular complexity index is 708. The summed E-state index contributed by atoms with van der Waals surface area (Å²) in [5.74, 6) is 0. The first kappa shape index (κ1) is 19.8. The summed E-state index contributed by atoms with van der Waals surface area (Å²) >= 11 is 0. The van der Waals surface area contributed by atoms with Crippen molar-refractivity contribution < 1.29 is 14.6 Å². The fourth-order valence-corrected chi connectivity index (χ4v) is 2.63. The summed E-state index contributed by atoms with van der Waals surface area (Å²) < 4.78 is 5.64. The van der Waals surface area contributed by atoms with E-state index in [4.69, 9.17) is 10.5 Å². The number of amides is 1. The number of hydrogen-bond acceptors (Lipinski definition) is 4. The fourth-order valence-electron chi connectivity index (χ4n) is 2.63. The number of anilines is 1. The molecule has 0 aromatic heterocycles. The second kappa shape index (κ2) is 8.23. The maximum absolute atomic E-state index is 12.8. The molecule has 1 amide bonds. The van der Waals surface area contributed by atoms with Crippen molar-refractivity contribution in [2.45, 2.75) is 45.4 Å². The number of benzene rings is 2. The van der Waals surface area contributed by atoms with Gasteiger partial charge in [0.05, 0.1) is 12.6 Å². The highest BCUT2D eigenvalue weighted by Crippen LogP contribution is 2.25. The quantitative estimate of drug-likeness (QED) is 0.783. The van der Waals surface area contributed by atoms with Gasteiger partial charge >= 0.3 is 6.09 Å². The number of ether oxygens (including phenoxy) is 1. The van der Waals surface area contributed by atoms with Gasteiger partial charge in [0, 0.05) is 11.2 Å². The Hall–Kier alpha value is -2.53. The lowest BCUT2D eigenvalue weighted by atomic mass is 10.0. The molecule has 0 aliphatic carbocycles. The molecule has 0 spiro atoms. The van der Waals surface area contributed by atoms with Crippen molar-refractivity contribution in [2.75, 3.05) is 12.3 Å². The van der Waals surface area contributed by atoms with Crippen LogP contribution in [-0.2, 0) is 4.74 Å². The van der Waals surface area contributed by atoms with Gasteiger partial charge in [-0.15, -0.1) is 0 Å². The van der Waals surface area contributed by atoms with Crippen LogP contribution in [0.3, 0.4) is 0 Å². The van der Waals surface area contributed by atoms with E-state index in [0.29, 0.717) is 5.69 Å². The van der Waals surface area contributed by atoms with Crippen LogP contribution < -0.4 is 5.73 Å². The van der Waals surface area contributed by atoms with E-state index in [1.807, 2.05) is 70.2 Å². The van der Waals surface area contributed by atoms with Gasteiger partial charge in [0.1, 0.15) is 6.10 Å². The zero-order valence-corrected chi connectivity index (χ0v) is 15.8. The third-order valence-corrected chi connectivity index (χ3v) is 4.25. The molecule has 0 saturated carbocycles. The zero-order valence-electron chi connectivity index (χ0n) is 15.8. The van der Waals surface area contributed by atoms with Crippen LogP contribution in [0, 0.1) is 0 Å². The fraction of sp³-hybridized carbons (Fsp3) is 0.381. The van der Waals surface area contributed by atoms with Crippen LogP contribution in [0.5, 0.6) is 0 Å². The molecule has 2 aromatic rings. The molecule has 2 aromatic carbocycles. The monoisotopic (exact) mass is 356 g/mol. The Labute approximate surface area is 155 Å². The van der Waals surface area contributed by atoms with Gasteiger partial charge in [-0.05, 0) is 51.0 Å². The Kier molecular flexibility index (Phi) is 6.27. The first-order valence-electron chi connectivity index (χ1n) is 8.75. The molecule has 0 radical (unpaired) electrons. The van der Waals surface area contributed by atoms with Crippen molar-refractivity contribution in [1.82, 2.24) is 4.90 Å². The van der Waals surface area contributed by atoms with Gasteiger partial charge in [-0.2, -0.15) is 0 Å². The van der Waals surface area contributed by atoms with Crippen LogP contribution in [0.2, 0.25) is 0 Å². The third-order valence-electron chi connectivity index (χ3n) is 4.25. The van der Waals surface area contributed by atoms with E-state index in [1.54, 1.807) is 17.0 Å². The minimum Gasteiger partial charge on any atom is -0.442 e. The van der Waals surface area contributed by atoms with Gasteiger partial charge in [-0.3, -0.25) is 0 Å². The number of carbonyl (C=O) groups excluding carboxylic acids is 1. The maximum atomic E-state index is 12.8. The SMILES string of the molecule is CC(OC(=O)N(CC(O)c1ccccc1)C(C)(C)C)c1ccc(N)cc1. The summed E-state index contributed by atoms with van der Waals surface area (Å²) in [6.07, 6.45) is -1.66. The number of nitrogen functional groups attached to an aromatic ring is 1. The molecule has 0 saturated heterocycles. The lowest BCUT2D eigenvalue weighted by molar-refractivity contribution is 0.0192. The van der Waals surface area contributed by atoms with Gasteiger partial charge < -0.3 is 20.5 Å². The largest absolute Gasteiger partial charge is 0.442 e. The molecule has 26 heavy (non-hydrogen) atoms. The molecule has 3 N–H and O–H groups in total. The first-order valence-corrected chi connectivity index (χ1v) is 8.75. The Balaban J connectivity index is 2.10. The number of hydrogen-bond donors (Lipinski definition) is 2. The van der Waals surface area contributed by atoms with Crippen molar-refractivity contribution in [3.05, 3.63) is 65.7 Å². The van der Waals surface area contributed by atoms with Crippen molar-refractivity contribution in [2.24, 2.45) is 0 Å². The lowest BCUT2D eigenvalue weighted by Crippen LogP contribution is -2.48. The summed E-state index contributed by atoms with van der Waals surface area (Å²) in [6, 6.07) is 16.5. The number of nitrogens with zero attached hydrogens (tertiary/aromatic N) is 1. The minimum atomic E-state index is -0.783. The highest BCUT2D eigenvalue weighted by molar-refractivity contribution is 5.69. The van der Waals surface area contributed by atoms with E-state index in [0.717, 1.165) is 11.1 Å². The minimum absolute atomic E-state index is 0.154. The van der Waals surface area contributed by atoms with E-state index in [9.17, 15) is 9.90 Å². The molecule has 0 fully saturated rings. The molecule has 2 rings (SSSR count). The Morgan fingerprint density at radius 2 is 1.65 bits per heavy atom. The summed E-state index contributed by atoms with van der Waals surface area (Å²) in [7, 11) is 0. The molecule has 0 aliphatic rings. The summed E-state index contributed by atoms with van der Waals surface area (Å²) in [5.41, 5.74) is 7.50. The average molecular weight is 356 g/mol. The van der Waals surface area contributed by atoms with Crippen molar-refractivity contribution in [3.8, 4) is 0 Å². The molecule has 0 heterocycles. The molecule has 0 aliphatic heterocycles. The summed E-state index contributed by atoms with van der Waals surface area (Å²) in [4.78, 5) is 14.3. The van der Waals surface area contributed by atoms with Crippen molar-refractivity contribution in [1.29, 1.82) is 0 Å². The lowest BCUT2D eigenvalue weighted by Gasteiger charge is -2.37. The summed E-state index contributed by atoms with van der Waals surface area (Å²) in [6.45, 7) is 7.72.